The number of hydrogen-bond acceptors (Lipinski definition) is 1. The molecular formula is C56H35N3. The summed E-state index contributed by atoms with van der Waals surface area (Å²) in [6.07, 6.45) is 0. The summed E-state index contributed by atoms with van der Waals surface area (Å²) < 4.78 is 4.73. The first kappa shape index (κ1) is 32.3. The molecule has 2 aromatic heterocycles. The molecule has 1 spiro atoms. The Balaban J connectivity index is 1.02. The molecule has 274 valence electrons. The van der Waals surface area contributed by atoms with Gasteiger partial charge in [0.25, 0.3) is 0 Å². The minimum absolute atomic E-state index is 0.392. The quantitative estimate of drug-likeness (QED) is 0.176. The summed E-state index contributed by atoms with van der Waals surface area (Å²) in [6, 6.07) is 77.8. The highest BCUT2D eigenvalue weighted by molar-refractivity contribution is 6.13. The van der Waals surface area contributed by atoms with Gasteiger partial charge in [-0.3, -0.25) is 4.57 Å². The average Bonchev–Trinajstić information content (AvgIpc) is 4.02. The summed E-state index contributed by atoms with van der Waals surface area (Å²) in [7, 11) is 0. The van der Waals surface area contributed by atoms with E-state index < -0.39 is 5.41 Å². The molecule has 0 unspecified atom stereocenters. The van der Waals surface area contributed by atoms with Crippen molar-refractivity contribution in [3.05, 3.63) is 235 Å². The van der Waals surface area contributed by atoms with Gasteiger partial charge >= 0.3 is 0 Å². The summed E-state index contributed by atoms with van der Waals surface area (Å²) in [5, 5.41) is 2.51. The number of nitrogens with zero attached hydrogens (tertiary/aromatic N) is 3. The molecule has 2 aliphatic rings. The second-order valence-corrected chi connectivity index (χ2v) is 15.9. The van der Waals surface area contributed by atoms with E-state index in [0.29, 0.717) is 0 Å². The molecule has 9 aromatic carbocycles. The van der Waals surface area contributed by atoms with Gasteiger partial charge in [0, 0.05) is 27.7 Å². The molecule has 13 rings (SSSR count). The minimum Gasteiger partial charge on any atom is -0.309 e. The summed E-state index contributed by atoms with van der Waals surface area (Å²) in [4.78, 5) is 5.12. The fourth-order valence-electron chi connectivity index (χ4n) is 10.5. The zero-order valence-corrected chi connectivity index (χ0v) is 32.0. The van der Waals surface area contributed by atoms with Gasteiger partial charge in [-0.15, -0.1) is 0 Å². The zero-order chi connectivity index (χ0) is 38.7. The van der Waals surface area contributed by atoms with Crippen LogP contribution in [0.5, 0.6) is 0 Å². The molecule has 2 aliphatic carbocycles. The number of fused-ring (bicyclic) bond motifs is 14. The molecule has 3 nitrogen and oxygen atoms in total. The van der Waals surface area contributed by atoms with Crippen LogP contribution in [0.4, 0.5) is 0 Å². The highest BCUT2D eigenvalue weighted by Crippen LogP contribution is 2.63. The number of para-hydroxylation sites is 4. The Hall–Kier alpha value is -7.75. The molecule has 0 saturated carbocycles. The maximum absolute atomic E-state index is 5.12. The van der Waals surface area contributed by atoms with Gasteiger partial charge < -0.3 is 4.57 Å². The highest BCUT2D eigenvalue weighted by Gasteiger charge is 2.51. The van der Waals surface area contributed by atoms with Crippen LogP contribution in [0.25, 0.3) is 89.0 Å². The van der Waals surface area contributed by atoms with Crippen molar-refractivity contribution in [2.24, 2.45) is 0 Å². The summed E-state index contributed by atoms with van der Waals surface area (Å²) in [5.74, 6) is 0.934. The molecule has 0 amide bonds. The lowest BCUT2D eigenvalue weighted by atomic mass is 9.70. The van der Waals surface area contributed by atoms with Crippen molar-refractivity contribution >= 4 is 32.8 Å². The molecule has 3 heteroatoms. The molecule has 0 radical (unpaired) electrons. The van der Waals surface area contributed by atoms with E-state index in [-0.39, 0.29) is 0 Å². The lowest BCUT2D eigenvalue weighted by molar-refractivity contribution is 0.795. The predicted molar refractivity (Wildman–Crippen MR) is 243 cm³/mol. The van der Waals surface area contributed by atoms with Crippen molar-refractivity contribution in [1.29, 1.82) is 0 Å². The van der Waals surface area contributed by atoms with Gasteiger partial charge in [0.05, 0.1) is 27.5 Å². The predicted octanol–water partition coefficient (Wildman–Crippen LogP) is 13.8. The van der Waals surface area contributed by atoms with E-state index in [1.165, 1.54) is 71.9 Å². The van der Waals surface area contributed by atoms with E-state index in [1.54, 1.807) is 0 Å². The van der Waals surface area contributed by atoms with Crippen LogP contribution in [-0.2, 0) is 5.41 Å². The van der Waals surface area contributed by atoms with E-state index in [2.05, 4.69) is 221 Å². The van der Waals surface area contributed by atoms with Gasteiger partial charge in [0.2, 0.25) is 0 Å². The van der Waals surface area contributed by atoms with Gasteiger partial charge in [-0.1, -0.05) is 158 Å². The monoisotopic (exact) mass is 749 g/mol. The van der Waals surface area contributed by atoms with Gasteiger partial charge in [0.1, 0.15) is 5.82 Å². The topological polar surface area (TPSA) is 22.8 Å². The first-order chi connectivity index (χ1) is 29.3. The van der Waals surface area contributed by atoms with Crippen LogP contribution in [0, 0.1) is 0 Å². The molecule has 11 aromatic rings. The van der Waals surface area contributed by atoms with Gasteiger partial charge in [-0.2, -0.15) is 0 Å². The van der Waals surface area contributed by atoms with Crippen molar-refractivity contribution in [3.8, 4) is 56.1 Å². The van der Waals surface area contributed by atoms with Crippen LogP contribution in [0.2, 0.25) is 0 Å². The normalized spacial score (nSPS) is 13.2. The van der Waals surface area contributed by atoms with Crippen molar-refractivity contribution in [2.45, 2.75) is 5.41 Å². The van der Waals surface area contributed by atoms with Gasteiger partial charge in [-0.05, 0) is 110 Å². The third kappa shape index (κ3) is 4.39. The third-order valence-electron chi connectivity index (χ3n) is 12.9. The lowest BCUT2D eigenvalue weighted by Crippen LogP contribution is -2.25. The molecule has 0 aliphatic heterocycles. The highest BCUT2D eigenvalue weighted by atomic mass is 15.1. The van der Waals surface area contributed by atoms with Crippen LogP contribution in [0.15, 0.2) is 212 Å². The molecule has 2 heterocycles. The number of rotatable bonds is 4. The third-order valence-corrected chi connectivity index (χ3v) is 12.9. The number of hydrogen-bond donors (Lipinski definition) is 0. The molecule has 0 bridgehead atoms. The standard InChI is InChI=1S/C56H35N3/c1-3-15-39(16-4-1)58-53-33-38(36-27-29-37(30-28-36)55-57-51-25-13-14-26-52(51)59(55)40-17-5-2-6-18-40)31-32-44(53)46-34-50-45(35-54(46)58)43-21-9-12-24-49(43)56(50)47-22-10-7-19-41(47)42-20-8-11-23-48(42)56/h1-35H. The number of benzene rings is 9. The molecular weight excluding hydrogens is 715 g/mol. The lowest BCUT2D eigenvalue weighted by Gasteiger charge is -2.30. The first-order valence-electron chi connectivity index (χ1n) is 20.4. The minimum atomic E-state index is -0.392. The summed E-state index contributed by atoms with van der Waals surface area (Å²) >= 11 is 0. The number of aromatic nitrogens is 3. The Morgan fingerprint density at radius 1 is 0.322 bits per heavy atom. The second kappa shape index (κ2) is 12.1. The van der Waals surface area contributed by atoms with Crippen LogP contribution in [0.1, 0.15) is 22.3 Å². The van der Waals surface area contributed by atoms with Crippen molar-refractivity contribution < 1.29 is 0 Å². The SMILES string of the molecule is c1ccc(-n2c(-c3ccc(-c4ccc5c6cc7c(cc6n(-c6ccccc6)c5c4)-c4ccccc4C74c5ccccc5-c5ccccc54)cc3)nc3ccccc32)cc1. The maximum Gasteiger partial charge on any atom is 0.145 e. The van der Waals surface area contributed by atoms with Crippen molar-refractivity contribution in [1.82, 2.24) is 14.1 Å². The fraction of sp³-hybridized carbons (Fsp3) is 0.0179. The molecule has 0 N–H and O–H groups in total. The zero-order valence-electron chi connectivity index (χ0n) is 32.0. The Kier molecular flexibility index (Phi) is 6.65. The Morgan fingerprint density at radius 2 is 0.831 bits per heavy atom. The fourth-order valence-corrected chi connectivity index (χ4v) is 10.5. The van der Waals surface area contributed by atoms with E-state index in [9.17, 15) is 0 Å². The first-order valence-corrected chi connectivity index (χ1v) is 20.4. The summed E-state index contributed by atoms with van der Waals surface area (Å²) in [5.41, 5.74) is 20.5. The Morgan fingerprint density at radius 3 is 1.49 bits per heavy atom. The molecule has 0 saturated heterocycles. The molecule has 59 heavy (non-hydrogen) atoms. The molecule has 0 fully saturated rings. The summed E-state index contributed by atoms with van der Waals surface area (Å²) in [6.45, 7) is 0. The van der Waals surface area contributed by atoms with Gasteiger partial charge in [-0.25, -0.2) is 4.98 Å². The van der Waals surface area contributed by atoms with E-state index in [0.717, 1.165) is 39.4 Å². The van der Waals surface area contributed by atoms with Crippen LogP contribution in [-0.4, -0.2) is 14.1 Å². The second-order valence-electron chi connectivity index (χ2n) is 15.9. The van der Waals surface area contributed by atoms with Crippen LogP contribution >= 0.6 is 0 Å². The van der Waals surface area contributed by atoms with Crippen molar-refractivity contribution in [2.75, 3.05) is 0 Å². The van der Waals surface area contributed by atoms with Crippen LogP contribution in [0.3, 0.4) is 0 Å². The van der Waals surface area contributed by atoms with Gasteiger partial charge in [0.15, 0.2) is 0 Å². The maximum atomic E-state index is 5.12. The largest absolute Gasteiger partial charge is 0.309 e. The average molecular weight is 750 g/mol. The van der Waals surface area contributed by atoms with E-state index in [4.69, 9.17) is 4.98 Å². The van der Waals surface area contributed by atoms with E-state index in [1.807, 2.05) is 0 Å². The van der Waals surface area contributed by atoms with E-state index >= 15 is 0 Å². The van der Waals surface area contributed by atoms with Crippen LogP contribution < -0.4 is 0 Å². The Bertz CT molecular complexity index is 3430. The smallest absolute Gasteiger partial charge is 0.145 e. The van der Waals surface area contributed by atoms with Crippen molar-refractivity contribution in [3.63, 3.8) is 0 Å². The molecule has 0 atom stereocenters. The number of imidazole rings is 1. The Labute approximate surface area is 341 Å².